The number of hydrogen-bond donors (Lipinski definition) is 1. The molecule has 0 fully saturated rings. The molecule has 3 aromatic rings. The Labute approximate surface area is 516 Å². The molecule has 0 spiro atoms. The second-order valence-corrected chi connectivity index (χ2v) is 19.0. The van der Waals surface area contributed by atoms with Crippen molar-refractivity contribution in [3.63, 3.8) is 0 Å². The van der Waals surface area contributed by atoms with Gasteiger partial charge in [-0.2, -0.15) is 0 Å². The number of ketones is 2. The third-order valence-corrected chi connectivity index (χ3v) is 11.7. The van der Waals surface area contributed by atoms with Crippen LogP contribution >= 0.6 is 0 Å². The molecule has 0 bridgehead atoms. The second kappa shape index (κ2) is 49.6. The van der Waals surface area contributed by atoms with Gasteiger partial charge in [0, 0.05) is 60.3 Å². The van der Waals surface area contributed by atoms with Gasteiger partial charge in [-0.15, -0.1) is 0 Å². The molecule has 0 saturated carbocycles. The Bertz CT molecular complexity index is 2170. The first kappa shape index (κ1) is 76.0. The quantitative estimate of drug-likeness (QED) is 0.0406. The number of esters is 2. The van der Waals surface area contributed by atoms with Gasteiger partial charge in [0.05, 0.1) is 145 Å². The Morgan fingerprint density at radius 3 is 0.898 bits per heavy atom. The van der Waals surface area contributed by atoms with Crippen LogP contribution in [0.4, 0.5) is 0 Å². The lowest BCUT2D eigenvalue weighted by molar-refractivity contribution is -0.136. The summed E-state index contributed by atoms with van der Waals surface area (Å²) in [5.74, 6) is -0.726. The summed E-state index contributed by atoms with van der Waals surface area (Å²) in [5, 5.41) is 2.90. The highest BCUT2D eigenvalue weighted by Gasteiger charge is 2.23. The van der Waals surface area contributed by atoms with Gasteiger partial charge in [-0.05, 0) is 66.9 Å². The van der Waals surface area contributed by atoms with Gasteiger partial charge in [0.15, 0.2) is 23.0 Å². The molecule has 3 aromatic carbocycles. The lowest BCUT2D eigenvalue weighted by atomic mass is 10.1. The average molecular weight is 1250 g/mol. The van der Waals surface area contributed by atoms with E-state index >= 15 is 0 Å². The Balaban J connectivity index is 2.02. The monoisotopic (exact) mass is 1250 g/mol. The van der Waals surface area contributed by atoms with Crippen LogP contribution in [-0.2, 0) is 101 Å². The summed E-state index contributed by atoms with van der Waals surface area (Å²) in [6.07, 6.45) is -0.181. The molecule has 88 heavy (non-hydrogen) atoms. The van der Waals surface area contributed by atoms with Crippen LogP contribution in [0.25, 0.3) is 0 Å². The number of carbonyl (C=O) groups is 5. The zero-order valence-corrected chi connectivity index (χ0v) is 52.4. The minimum atomic E-state index is -0.683. The molecule has 1 amide bonds. The largest absolute Gasteiger partial charge is 0.489 e. The van der Waals surface area contributed by atoms with E-state index < -0.39 is 11.9 Å². The lowest BCUT2D eigenvalue weighted by Gasteiger charge is -2.19. The van der Waals surface area contributed by atoms with Crippen LogP contribution in [0.1, 0.15) is 69.6 Å². The van der Waals surface area contributed by atoms with Crippen molar-refractivity contribution in [2.24, 2.45) is 0 Å². The summed E-state index contributed by atoms with van der Waals surface area (Å²) < 4.78 is 114. The molecule has 0 saturated heterocycles. The topological polar surface area (TPSA) is 282 Å². The Hall–Kier alpha value is -6.27. The van der Waals surface area contributed by atoms with Gasteiger partial charge in [0.25, 0.3) is 0 Å². The van der Waals surface area contributed by atoms with Crippen LogP contribution in [0.3, 0.4) is 0 Å². The fraction of sp³-hybridized carbons (Fsp3) is 0.629. The van der Waals surface area contributed by atoms with Crippen molar-refractivity contribution in [3.8, 4) is 46.0 Å². The first-order valence-electron chi connectivity index (χ1n) is 29.4. The standard InChI is InChI=1S/C62H93NO25/c1-8-58(66)63-44-49-37-52(85-45-50-39-54(81-33-29-77-25-21-73-17-13-69-4)61(87-59(67)11-9-47(2)64)55(40-50)82-34-30-78-26-22-74-18-14-70-5)43-53(38-49)86-46-51-41-56(83-35-31-79-27-23-75-19-15-71-6)62(88-60(68)12-10-48(3)65)57(42-51)84-36-32-80-28-24-76-20-16-72-7/h37-43H,8-36,44-46H2,1-7H3,(H,63,66). The number of benzene rings is 3. The van der Waals surface area contributed by atoms with Crippen LogP contribution in [-0.4, -0.2) is 216 Å². The predicted molar refractivity (Wildman–Crippen MR) is 317 cm³/mol. The molecule has 0 atom stereocenters. The van der Waals surface area contributed by atoms with E-state index in [2.05, 4.69) is 5.32 Å². The Morgan fingerprint density at radius 2 is 0.625 bits per heavy atom. The van der Waals surface area contributed by atoms with E-state index in [0.717, 1.165) is 0 Å². The molecule has 0 radical (unpaired) electrons. The molecule has 0 aliphatic heterocycles. The molecule has 496 valence electrons. The van der Waals surface area contributed by atoms with Crippen molar-refractivity contribution in [1.82, 2.24) is 5.32 Å². The first-order chi connectivity index (χ1) is 42.9. The minimum Gasteiger partial charge on any atom is -0.489 e. The highest BCUT2D eigenvalue weighted by atomic mass is 16.6. The average Bonchev–Trinajstić information content (AvgIpc) is 1.30. The van der Waals surface area contributed by atoms with E-state index in [4.69, 9.17) is 94.7 Å². The predicted octanol–water partition coefficient (Wildman–Crippen LogP) is 5.65. The van der Waals surface area contributed by atoms with Crippen LogP contribution < -0.4 is 43.2 Å². The zero-order chi connectivity index (χ0) is 63.7. The number of ether oxygens (including phenoxy) is 20. The van der Waals surface area contributed by atoms with Crippen LogP contribution in [0.15, 0.2) is 42.5 Å². The zero-order valence-electron chi connectivity index (χ0n) is 52.4. The minimum absolute atomic E-state index is 0.0190. The first-order valence-corrected chi connectivity index (χ1v) is 29.4. The van der Waals surface area contributed by atoms with Crippen molar-refractivity contribution in [3.05, 3.63) is 59.2 Å². The van der Waals surface area contributed by atoms with Gasteiger partial charge in [0.2, 0.25) is 17.4 Å². The number of rotatable bonds is 57. The SMILES string of the molecule is CCC(=O)NCc1cc(OCc2cc(OCCOCCOCCOC)c(OC(=O)CCC(C)=O)c(OCCOCCOCCOC)c2)cc(OCc2cc(OCCOCCOCCOC)c(OC(=O)CCC(C)=O)c(OCCOCCOCCOC)c2)c1. The second-order valence-electron chi connectivity index (χ2n) is 19.0. The van der Waals surface area contributed by atoms with Crippen molar-refractivity contribution >= 4 is 29.4 Å². The molecule has 0 aliphatic rings. The van der Waals surface area contributed by atoms with Gasteiger partial charge < -0.3 is 110 Å². The van der Waals surface area contributed by atoms with Gasteiger partial charge in [0.1, 0.15) is 62.7 Å². The van der Waals surface area contributed by atoms with Crippen molar-refractivity contribution < 1.29 is 119 Å². The van der Waals surface area contributed by atoms with E-state index in [1.54, 1.807) is 77.8 Å². The highest BCUT2D eigenvalue weighted by molar-refractivity contribution is 5.83. The molecule has 26 heteroatoms. The van der Waals surface area contributed by atoms with E-state index in [1.807, 2.05) is 0 Å². The summed E-state index contributed by atoms with van der Waals surface area (Å²) in [6, 6.07) is 11.8. The third-order valence-electron chi connectivity index (χ3n) is 11.7. The number of hydrogen-bond acceptors (Lipinski definition) is 25. The normalized spacial score (nSPS) is 11.1. The van der Waals surface area contributed by atoms with Crippen molar-refractivity contribution in [2.75, 3.05) is 187 Å². The van der Waals surface area contributed by atoms with Crippen LogP contribution in [0.5, 0.6) is 46.0 Å². The molecule has 0 heterocycles. The number of amides is 1. The lowest BCUT2D eigenvalue weighted by Crippen LogP contribution is -2.21. The van der Waals surface area contributed by atoms with Gasteiger partial charge in [-0.3, -0.25) is 14.4 Å². The fourth-order valence-corrected chi connectivity index (χ4v) is 7.20. The Kier molecular flexibility index (Phi) is 42.8. The van der Waals surface area contributed by atoms with Crippen LogP contribution in [0.2, 0.25) is 0 Å². The molecule has 0 aromatic heterocycles. The van der Waals surface area contributed by atoms with E-state index in [0.29, 0.717) is 107 Å². The maximum atomic E-state index is 13.2. The van der Waals surface area contributed by atoms with E-state index in [-0.39, 0.29) is 183 Å². The number of carbonyl (C=O) groups excluding carboxylic acids is 5. The summed E-state index contributed by atoms with van der Waals surface area (Å²) in [6.45, 7) is 11.2. The summed E-state index contributed by atoms with van der Waals surface area (Å²) in [4.78, 5) is 62.7. The summed E-state index contributed by atoms with van der Waals surface area (Å²) in [5.41, 5.74) is 1.70. The summed E-state index contributed by atoms with van der Waals surface area (Å²) >= 11 is 0. The molecule has 0 aliphatic carbocycles. The highest BCUT2D eigenvalue weighted by Crippen LogP contribution is 2.41. The molecular formula is C62H93NO25. The fourth-order valence-electron chi connectivity index (χ4n) is 7.20. The molecular weight excluding hydrogens is 1160 g/mol. The number of nitrogens with one attached hydrogen (secondary N) is 1. The number of methoxy groups -OCH3 is 4. The van der Waals surface area contributed by atoms with Gasteiger partial charge >= 0.3 is 11.9 Å². The number of Topliss-reactive ketones (excluding diaryl/α,β-unsaturated/α-hetero) is 2. The van der Waals surface area contributed by atoms with Crippen molar-refractivity contribution in [1.29, 1.82) is 0 Å². The van der Waals surface area contributed by atoms with Crippen LogP contribution in [0, 0.1) is 0 Å². The molecule has 0 unspecified atom stereocenters. The molecule has 3 rings (SSSR count). The molecule has 1 N–H and O–H groups in total. The van der Waals surface area contributed by atoms with E-state index in [9.17, 15) is 24.0 Å². The van der Waals surface area contributed by atoms with E-state index in [1.165, 1.54) is 13.8 Å². The maximum absolute atomic E-state index is 13.2. The summed E-state index contributed by atoms with van der Waals surface area (Å²) in [7, 11) is 6.35. The van der Waals surface area contributed by atoms with Crippen molar-refractivity contribution in [2.45, 2.75) is 72.6 Å². The van der Waals surface area contributed by atoms with Gasteiger partial charge in [-0.25, -0.2) is 0 Å². The molecule has 26 nitrogen and oxygen atoms in total. The van der Waals surface area contributed by atoms with Gasteiger partial charge in [-0.1, -0.05) is 6.92 Å². The maximum Gasteiger partial charge on any atom is 0.311 e. The third kappa shape index (κ3) is 36.3. The Morgan fingerprint density at radius 1 is 0.341 bits per heavy atom. The smallest absolute Gasteiger partial charge is 0.311 e.